The topological polar surface area (TPSA) is 76.4 Å². The van der Waals surface area contributed by atoms with Crippen LogP contribution in [0.2, 0.25) is 0 Å². The molecule has 110 valence electrons. The highest BCUT2D eigenvalue weighted by atomic mass is 32.1. The number of amides is 1. The van der Waals surface area contributed by atoms with Gasteiger partial charge in [-0.2, -0.15) is 5.10 Å². The highest BCUT2D eigenvalue weighted by Crippen LogP contribution is 2.27. The van der Waals surface area contributed by atoms with Crippen molar-refractivity contribution in [3.05, 3.63) is 16.6 Å². The predicted octanol–water partition coefficient (Wildman–Crippen LogP) is 1.07. The van der Waals surface area contributed by atoms with Crippen LogP contribution in [-0.2, 0) is 11.8 Å². The molecular weight excluding hydrogens is 278 g/mol. The molecule has 0 aliphatic rings. The van der Waals surface area contributed by atoms with E-state index in [1.165, 1.54) is 11.3 Å². The molecule has 0 radical (unpaired) electrons. The van der Waals surface area contributed by atoms with Crippen molar-refractivity contribution < 1.29 is 14.6 Å². The zero-order chi connectivity index (χ0) is 14.5. The summed E-state index contributed by atoms with van der Waals surface area (Å²) in [6, 6.07) is 1.89. The van der Waals surface area contributed by atoms with Crippen molar-refractivity contribution in [1.29, 1.82) is 0 Å². The average Bonchev–Trinajstić information content (AvgIpc) is 2.96. The number of carbonyl (C=O) groups excluding carboxylic acids is 1. The van der Waals surface area contributed by atoms with Crippen molar-refractivity contribution in [2.24, 2.45) is 7.05 Å². The van der Waals surface area contributed by atoms with Crippen LogP contribution in [-0.4, -0.2) is 47.2 Å². The normalized spacial score (nSPS) is 11.2. The Balaban J connectivity index is 1.86. The fraction of sp³-hybridized carbons (Fsp3) is 0.538. The maximum Gasteiger partial charge on any atom is 0.261 e. The zero-order valence-electron chi connectivity index (χ0n) is 11.7. The number of aryl methyl sites for hydroxylation is 2. The Bertz CT molecular complexity index is 556. The lowest BCUT2D eigenvalue weighted by molar-refractivity contribution is 0.0869. The van der Waals surface area contributed by atoms with Crippen LogP contribution in [0, 0.1) is 6.92 Å². The quantitative estimate of drug-likeness (QED) is 0.750. The van der Waals surface area contributed by atoms with E-state index in [2.05, 4.69) is 10.4 Å². The third-order valence-electron chi connectivity index (χ3n) is 2.91. The Labute approximate surface area is 121 Å². The zero-order valence-corrected chi connectivity index (χ0v) is 12.5. The molecule has 0 aliphatic carbocycles. The number of hydrogen-bond acceptors (Lipinski definition) is 5. The summed E-state index contributed by atoms with van der Waals surface area (Å²) in [5.74, 6) is -0.0623. The summed E-state index contributed by atoms with van der Waals surface area (Å²) in [6.45, 7) is 3.42. The minimum Gasteiger partial charge on any atom is -0.394 e. The number of nitrogens with zero attached hydrogens (tertiary/aromatic N) is 2. The monoisotopic (exact) mass is 297 g/mol. The number of ether oxygens (including phenoxy) is 1. The van der Waals surface area contributed by atoms with Gasteiger partial charge in [0, 0.05) is 25.6 Å². The largest absolute Gasteiger partial charge is 0.394 e. The molecule has 0 aromatic carbocycles. The van der Waals surface area contributed by atoms with Gasteiger partial charge in [0.25, 0.3) is 5.91 Å². The fourth-order valence-electron chi connectivity index (χ4n) is 1.95. The molecule has 0 bridgehead atoms. The summed E-state index contributed by atoms with van der Waals surface area (Å²) < 4.78 is 6.93. The van der Waals surface area contributed by atoms with Crippen molar-refractivity contribution in [2.45, 2.75) is 13.3 Å². The molecule has 2 heterocycles. The molecule has 2 rings (SSSR count). The Morgan fingerprint density at radius 2 is 2.35 bits per heavy atom. The predicted molar refractivity (Wildman–Crippen MR) is 78.2 cm³/mol. The van der Waals surface area contributed by atoms with E-state index in [1.807, 2.05) is 20.0 Å². The summed E-state index contributed by atoms with van der Waals surface area (Å²) in [7, 11) is 1.88. The van der Waals surface area contributed by atoms with E-state index in [1.54, 1.807) is 4.68 Å². The molecule has 0 spiro atoms. The number of nitrogens with one attached hydrogen (secondary N) is 1. The van der Waals surface area contributed by atoms with Gasteiger partial charge in [-0.25, -0.2) is 0 Å². The van der Waals surface area contributed by atoms with E-state index in [4.69, 9.17) is 9.84 Å². The van der Waals surface area contributed by atoms with Crippen molar-refractivity contribution in [1.82, 2.24) is 15.1 Å². The van der Waals surface area contributed by atoms with Gasteiger partial charge in [-0.15, -0.1) is 11.3 Å². The van der Waals surface area contributed by atoms with E-state index in [9.17, 15) is 4.79 Å². The standard InChI is InChI=1S/C13H19N3O3S/c1-9-10-8-11(20-13(10)16(2)15-9)12(18)14-4-3-6-19-7-5-17/h8,17H,3-7H2,1-2H3,(H,14,18). The van der Waals surface area contributed by atoms with E-state index in [-0.39, 0.29) is 12.5 Å². The second-order valence-corrected chi connectivity index (χ2v) is 5.51. The summed E-state index contributed by atoms with van der Waals surface area (Å²) in [5, 5.41) is 16.8. The number of aromatic nitrogens is 2. The molecule has 0 unspecified atom stereocenters. The van der Waals surface area contributed by atoms with Gasteiger partial charge in [-0.05, 0) is 19.4 Å². The molecule has 6 nitrogen and oxygen atoms in total. The second-order valence-electron chi connectivity index (χ2n) is 4.48. The Morgan fingerprint density at radius 1 is 1.55 bits per heavy atom. The van der Waals surface area contributed by atoms with Gasteiger partial charge in [0.2, 0.25) is 0 Å². The first kappa shape index (κ1) is 15.0. The number of thiophene rings is 1. The first-order valence-corrected chi connectivity index (χ1v) is 7.35. The van der Waals surface area contributed by atoms with E-state index in [0.717, 1.165) is 22.3 Å². The SMILES string of the molecule is Cc1nn(C)c2sc(C(=O)NCCCOCCO)cc12. The Hall–Kier alpha value is -1.44. The minimum atomic E-state index is -0.0623. The number of aliphatic hydroxyl groups is 1. The number of hydrogen-bond donors (Lipinski definition) is 2. The number of aliphatic hydroxyl groups excluding tert-OH is 1. The summed E-state index contributed by atoms with van der Waals surface area (Å²) in [4.78, 5) is 13.7. The number of fused-ring (bicyclic) bond motifs is 1. The van der Waals surface area contributed by atoms with Crippen LogP contribution < -0.4 is 5.32 Å². The van der Waals surface area contributed by atoms with Crippen LogP contribution in [0.15, 0.2) is 6.07 Å². The van der Waals surface area contributed by atoms with Gasteiger partial charge < -0.3 is 15.2 Å². The molecule has 1 amide bonds. The van der Waals surface area contributed by atoms with Gasteiger partial charge in [0.1, 0.15) is 4.83 Å². The van der Waals surface area contributed by atoms with Crippen molar-refractivity contribution in [3.63, 3.8) is 0 Å². The van der Waals surface area contributed by atoms with Crippen LogP contribution in [0.5, 0.6) is 0 Å². The molecule has 0 saturated heterocycles. The molecule has 2 aromatic heterocycles. The Morgan fingerprint density at radius 3 is 3.05 bits per heavy atom. The molecule has 20 heavy (non-hydrogen) atoms. The Kier molecular flexibility index (Phi) is 5.11. The summed E-state index contributed by atoms with van der Waals surface area (Å²) >= 11 is 1.45. The number of rotatable bonds is 7. The molecule has 0 aliphatic heterocycles. The highest BCUT2D eigenvalue weighted by molar-refractivity contribution is 7.20. The molecule has 2 N–H and O–H groups in total. The summed E-state index contributed by atoms with van der Waals surface area (Å²) in [6.07, 6.45) is 0.733. The van der Waals surface area contributed by atoms with Gasteiger partial charge in [-0.3, -0.25) is 9.48 Å². The van der Waals surface area contributed by atoms with Crippen LogP contribution in [0.1, 0.15) is 21.8 Å². The second kappa shape index (κ2) is 6.83. The first-order valence-electron chi connectivity index (χ1n) is 6.53. The van der Waals surface area contributed by atoms with Crippen molar-refractivity contribution in [3.8, 4) is 0 Å². The van der Waals surface area contributed by atoms with Crippen LogP contribution in [0.4, 0.5) is 0 Å². The van der Waals surface area contributed by atoms with E-state index < -0.39 is 0 Å². The molecular formula is C13H19N3O3S. The van der Waals surface area contributed by atoms with Crippen LogP contribution in [0.3, 0.4) is 0 Å². The molecule has 0 fully saturated rings. The first-order chi connectivity index (χ1) is 9.63. The fourth-order valence-corrected chi connectivity index (χ4v) is 2.99. The van der Waals surface area contributed by atoms with Gasteiger partial charge in [0.05, 0.1) is 23.8 Å². The average molecular weight is 297 g/mol. The number of carbonyl (C=O) groups is 1. The molecule has 7 heteroatoms. The lowest BCUT2D eigenvalue weighted by Crippen LogP contribution is -2.24. The van der Waals surface area contributed by atoms with Crippen molar-refractivity contribution >= 4 is 27.5 Å². The maximum atomic E-state index is 12.0. The van der Waals surface area contributed by atoms with Gasteiger partial charge in [0.15, 0.2) is 0 Å². The molecule has 0 atom stereocenters. The van der Waals surface area contributed by atoms with Gasteiger partial charge >= 0.3 is 0 Å². The van der Waals surface area contributed by atoms with Gasteiger partial charge in [-0.1, -0.05) is 0 Å². The lowest BCUT2D eigenvalue weighted by atomic mass is 10.3. The maximum absolute atomic E-state index is 12.0. The third kappa shape index (κ3) is 3.36. The van der Waals surface area contributed by atoms with E-state index in [0.29, 0.717) is 24.6 Å². The van der Waals surface area contributed by atoms with Crippen LogP contribution in [0.25, 0.3) is 10.2 Å². The minimum absolute atomic E-state index is 0.0293. The lowest BCUT2D eigenvalue weighted by Gasteiger charge is -2.04. The summed E-state index contributed by atoms with van der Waals surface area (Å²) in [5.41, 5.74) is 0.940. The van der Waals surface area contributed by atoms with E-state index >= 15 is 0 Å². The van der Waals surface area contributed by atoms with Crippen molar-refractivity contribution in [2.75, 3.05) is 26.4 Å². The van der Waals surface area contributed by atoms with Crippen LogP contribution >= 0.6 is 11.3 Å². The third-order valence-corrected chi connectivity index (χ3v) is 4.11. The molecule has 0 saturated carbocycles. The highest BCUT2D eigenvalue weighted by Gasteiger charge is 2.14. The smallest absolute Gasteiger partial charge is 0.261 e. The molecule has 2 aromatic rings.